The van der Waals surface area contributed by atoms with Crippen LogP contribution in [0.25, 0.3) is 0 Å². The Balaban J connectivity index is 1.75. The van der Waals surface area contributed by atoms with E-state index in [2.05, 4.69) is 42.3 Å². The fourth-order valence-electron chi connectivity index (χ4n) is 4.00. The maximum atomic E-state index is 10.1. The number of hydrogen-bond acceptors (Lipinski definition) is 3. The van der Waals surface area contributed by atoms with Gasteiger partial charge in [-0.25, -0.2) is 0 Å². The molecule has 0 spiro atoms. The van der Waals surface area contributed by atoms with Gasteiger partial charge in [0.25, 0.3) is 0 Å². The van der Waals surface area contributed by atoms with Crippen LogP contribution in [0, 0.1) is 18.8 Å². The third-order valence-electron chi connectivity index (χ3n) is 5.14. The Morgan fingerprint density at radius 3 is 2.90 bits per heavy atom. The molecule has 1 aliphatic carbocycles. The molecule has 1 aromatic carbocycles. The van der Waals surface area contributed by atoms with Crippen LogP contribution in [-0.2, 0) is 6.54 Å². The molecule has 2 N–H and O–H groups in total. The number of rotatable bonds is 5. The molecular weight excluding hydrogens is 260 g/mol. The van der Waals surface area contributed by atoms with E-state index in [0.29, 0.717) is 11.8 Å². The predicted molar refractivity (Wildman–Crippen MR) is 87.6 cm³/mol. The summed E-state index contributed by atoms with van der Waals surface area (Å²) in [5.41, 5.74) is 4.09. The molecule has 3 heteroatoms. The van der Waals surface area contributed by atoms with Gasteiger partial charge in [-0.15, -0.1) is 0 Å². The van der Waals surface area contributed by atoms with E-state index in [-0.39, 0.29) is 6.10 Å². The Bertz CT molecular complexity index is 488. The molecule has 2 aliphatic rings. The van der Waals surface area contributed by atoms with E-state index in [9.17, 15) is 5.11 Å². The van der Waals surface area contributed by atoms with Crippen molar-refractivity contribution in [1.82, 2.24) is 5.32 Å². The van der Waals surface area contributed by atoms with Crippen molar-refractivity contribution in [2.45, 2.75) is 45.8 Å². The van der Waals surface area contributed by atoms with E-state index in [1.165, 1.54) is 29.7 Å². The third kappa shape index (κ3) is 3.09. The number of nitrogens with one attached hydrogen (secondary N) is 1. The second kappa shape index (κ2) is 6.37. The first-order valence-electron chi connectivity index (χ1n) is 8.42. The molecule has 1 aliphatic heterocycles. The summed E-state index contributed by atoms with van der Waals surface area (Å²) in [4.78, 5) is 2.50. The van der Waals surface area contributed by atoms with Crippen molar-refractivity contribution < 1.29 is 5.11 Å². The van der Waals surface area contributed by atoms with E-state index >= 15 is 0 Å². The highest BCUT2D eigenvalue weighted by atomic mass is 16.3. The average Bonchev–Trinajstić information content (AvgIpc) is 3.02. The van der Waals surface area contributed by atoms with Crippen LogP contribution >= 0.6 is 0 Å². The molecule has 0 amide bonds. The Labute approximate surface area is 128 Å². The number of anilines is 1. The van der Waals surface area contributed by atoms with Crippen LogP contribution in [0.2, 0.25) is 0 Å². The summed E-state index contributed by atoms with van der Waals surface area (Å²) < 4.78 is 0. The van der Waals surface area contributed by atoms with Gasteiger partial charge in [0.15, 0.2) is 0 Å². The minimum atomic E-state index is -0.0767. The highest BCUT2D eigenvalue weighted by molar-refractivity contribution is 5.56. The molecule has 3 atom stereocenters. The minimum Gasteiger partial charge on any atom is -0.393 e. The Kier molecular flexibility index (Phi) is 4.51. The van der Waals surface area contributed by atoms with E-state index < -0.39 is 0 Å². The number of benzene rings is 1. The highest BCUT2D eigenvalue weighted by Gasteiger charge is 2.42. The second-order valence-electron chi connectivity index (χ2n) is 6.78. The van der Waals surface area contributed by atoms with Gasteiger partial charge in [-0.1, -0.05) is 24.6 Å². The summed E-state index contributed by atoms with van der Waals surface area (Å²) in [7, 11) is 0. The number of fused-ring (bicyclic) bond motifs is 1. The predicted octanol–water partition coefficient (Wildman–Crippen LogP) is 2.70. The van der Waals surface area contributed by atoms with Crippen LogP contribution < -0.4 is 10.2 Å². The molecule has 3 rings (SSSR count). The molecule has 1 saturated carbocycles. The SMILES string of the molecule is CCCNCc1cc(C)ccc1N1CC2CCC(O)C2C1. The summed E-state index contributed by atoms with van der Waals surface area (Å²) >= 11 is 0. The molecule has 1 aromatic rings. The Hall–Kier alpha value is -1.06. The minimum absolute atomic E-state index is 0.0767. The van der Waals surface area contributed by atoms with Gasteiger partial charge in [0.05, 0.1) is 6.10 Å². The van der Waals surface area contributed by atoms with Crippen LogP contribution in [-0.4, -0.2) is 30.8 Å². The lowest BCUT2D eigenvalue weighted by Crippen LogP contribution is -2.26. The zero-order chi connectivity index (χ0) is 14.8. The number of hydrogen-bond donors (Lipinski definition) is 2. The van der Waals surface area contributed by atoms with Gasteiger partial charge in [0, 0.05) is 31.2 Å². The Morgan fingerprint density at radius 1 is 1.29 bits per heavy atom. The van der Waals surface area contributed by atoms with E-state index in [1.807, 2.05) is 0 Å². The molecule has 0 bridgehead atoms. The number of aliphatic hydroxyl groups excluding tert-OH is 1. The summed E-state index contributed by atoms with van der Waals surface area (Å²) in [6.45, 7) is 8.51. The summed E-state index contributed by atoms with van der Waals surface area (Å²) in [6, 6.07) is 6.79. The molecule has 3 unspecified atom stereocenters. The topological polar surface area (TPSA) is 35.5 Å². The molecule has 0 radical (unpaired) electrons. The van der Waals surface area contributed by atoms with Crippen LogP contribution in [0.5, 0.6) is 0 Å². The maximum Gasteiger partial charge on any atom is 0.0588 e. The molecule has 0 aromatic heterocycles. The Morgan fingerprint density at radius 2 is 2.14 bits per heavy atom. The standard InChI is InChI=1S/C18H28N2O/c1-3-8-19-10-15-9-13(2)4-6-17(15)20-11-14-5-7-18(21)16(14)12-20/h4,6,9,14,16,18-19,21H,3,5,7-8,10-12H2,1-2H3. The molecule has 1 heterocycles. The first-order valence-corrected chi connectivity index (χ1v) is 8.42. The fraction of sp³-hybridized carbons (Fsp3) is 0.667. The molecular formula is C18H28N2O. The van der Waals surface area contributed by atoms with Crippen molar-refractivity contribution in [1.29, 1.82) is 0 Å². The zero-order valence-corrected chi connectivity index (χ0v) is 13.3. The summed E-state index contributed by atoms with van der Waals surface area (Å²) in [6.07, 6.45) is 3.29. The monoisotopic (exact) mass is 288 g/mol. The quantitative estimate of drug-likeness (QED) is 0.818. The fourth-order valence-corrected chi connectivity index (χ4v) is 4.00. The van der Waals surface area contributed by atoms with Crippen LogP contribution in [0.15, 0.2) is 18.2 Å². The first-order chi connectivity index (χ1) is 10.2. The molecule has 1 saturated heterocycles. The van der Waals surface area contributed by atoms with Crippen molar-refractivity contribution in [2.75, 3.05) is 24.5 Å². The molecule has 2 fully saturated rings. The lowest BCUT2D eigenvalue weighted by atomic mass is 10.00. The maximum absolute atomic E-state index is 10.1. The van der Waals surface area contributed by atoms with Gasteiger partial charge in [-0.2, -0.15) is 0 Å². The third-order valence-corrected chi connectivity index (χ3v) is 5.14. The highest BCUT2D eigenvalue weighted by Crippen LogP contribution is 2.40. The summed E-state index contributed by atoms with van der Waals surface area (Å²) in [5.74, 6) is 1.18. The number of aryl methyl sites for hydroxylation is 1. The number of aliphatic hydroxyl groups is 1. The van der Waals surface area contributed by atoms with Crippen molar-refractivity contribution in [2.24, 2.45) is 11.8 Å². The lowest BCUT2D eigenvalue weighted by Gasteiger charge is -2.24. The van der Waals surface area contributed by atoms with Gasteiger partial charge in [0.1, 0.15) is 0 Å². The van der Waals surface area contributed by atoms with E-state index in [1.54, 1.807) is 0 Å². The number of nitrogens with zero attached hydrogens (tertiary/aromatic N) is 1. The normalized spacial score (nSPS) is 28.1. The van der Waals surface area contributed by atoms with Gasteiger partial charge in [-0.3, -0.25) is 0 Å². The van der Waals surface area contributed by atoms with E-state index in [0.717, 1.165) is 32.6 Å². The lowest BCUT2D eigenvalue weighted by molar-refractivity contribution is 0.133. The van der Waals surface area contributed by atoms with E-state index in [4.69, 9.17) is 0 Å². The summed E-state index contributed by atoms with van der Waals surface area (Å²) in [5, 5.41) is 13.6. The van der Waals surface area contributed by atoms with Gasteiger partial charge in [-0.05, 0) is 50.3 Å². The first kappa shape index (κ1) is 14.9. The van der Waals surface area contributed by atoms with Crippen molar-refractivity contribution in [3.05, 3.63) is 29.3 Å². The van der Waals surface area contributed by atoms with Crippen molar-refractivity contribution in [3.8, 4) is 0 Å². The molecule has 3 nitrogen and oxygen atoms in total. The van der Waals surface area contributed by atoms with Gasteiger partial charge >= 0.3 is 0 Å². The second-order valence-corrected chi connectivity index (χ2v) is 6.78. The van der Waals surface area contributed by atoms with Gasteiger partial charge in [0.2, 0.25) is 0 Å². The van der Waals surface area contributed by atoms with Crippen molar-refractivity contribution in [3.63, 3.8) is 0 Å². The van der Waals surface area contributed by atoms with Crippen molar-refractivity contribution >= 4 is 5.69 Å². The van der Waals surface area contributed by atoms with Crippen LogP contribution in [0.4, 0.5) is 5.69 Å². The smallest absolute Gasteiger partial charge is 0.0588 e. The largest absolute Gasteiger partial charge is 0.393 e. The van der Waals surface area contributed by atoms with Crippen LogP contribution in [0.3, 0.4) is 0 Å². The van der Waals surface area contributed by atoms with Crippen LogP contribution in [0.1, 0.15) is 37.3 Å². The van der Waals surface area contributed by atoms with Gasteiger partial charge < -0.3 is 15.3 Å². The zero-order valence-electron chi connectivity index (χ0n) is 13.3. The molecule has 116 valence electrons. The average molecular weight is 288 g/mol. The molecule has 21 heavy (non-hydrogen) atoms.